The molecule has 0 atom stereocenters. The van der Waals surface area contributed by atoms with Crippen molar-refractivity contribution in [1.29, 1.82) is 0 Å². The lowest BCUT2D eigenvalue weighted by atomic mass is 10.1. The Morgan fingerprint density at radius 3 is 2.38 bits per heavy atom. The highest BCUT2D eigenvalue weighted by Gasteiger charge is 2.03. The van der Waals surface area contributed by atoms with Crippen molar-refractivity contribution in [3.05, 3.63) is 26.8 Å². The molecule has 0 spiro atoms. The van der Waals surface area contributed by atoms with Crippen LogP contribution in [0.3, 0.4) is 0 Å². The molecule has 0 bridgehead atoms. The van der Waals surface area contributed by atoms with Gasteiger partial charge >= 0.3 is 0 Å². The fraction of sp³-hybridized carbons (Fsp3) is 0.300. The van der Waals surface area contributed by atoms with Gasteiger partial charge in [0, 0.05) is 10.5 Å². The third-order valence-electron chi connectivity index (χ3n) is 1.89. The number of anilines is 1. The van der Waals surface area contributed by atoms with Crippen LogP contribution < -0.4 is 5.32 Å². The molecular formula is C10H12INO. The number of carbonyl (C=O) groups is 1. The molecule has 13 heavy (non-hydrogen) atoms. The van der Waals surface area contributed by atoms with Gasteiger partial charge in [-0.15, -0.1) is 0 Å². The van der Waals surface area contributed by atoms with Crippen LogP contribution in [-0.2, 0) is 4.79 Å². The Labute approximate surface area is 91.9 Å². The summed E-state index contributed by atoms with van der Waals surface area (Å²) < 4.78 is 1.08. The van der Waals surface area contributed by atoms with Gasteiger partial charge < -0.3 is 5.32 Å². The summed E-state index contributed by atoms with van der Waals surface area (Å²) in [5, 5.41) is 2.79. The van der Waals surface area contributed by atoms with E-state index in [2.05, 4.69) is 40.9 Å². The third-order valence-corrected chi connectivity index (χ3v) is 2.79. The Balaban J connectivity index is 3.08. The maximum atomic E-state index is 10.8. The summed E-state index contributed by atoms with van der Waals surface area (Å²) in [7, 11) is 0. The van der Waals surface area contributed by atoms with Crippen molar-refractivity contribution in [1.82, 2.24) is 0 Å². The van der Waals surface area contributed by atoms with Gasteiger partial charge in [0.25, 0.3) is 0 Å². The van der Waals surface area contributed by atoms with E-state index in [0.29, 0.717) is 0 Å². The zero-order valence-corrected chi connectivity index (χ0v) is 10.1. The predicted molar refractivity (Wildman–Crippen MR) is 62.9 cm³/mol. The molecule has 0 aliphatic carbocycles. The Morgan fingerprint density at radius 1 is 1.31 bits per heavy atom. The summed E-state index contributed by atoms with van der Waals surface area (Å²) >= 11 is 2.22. The molecular weight excluding hydrogens is 277 g/mol. The SMILES string of the molecule is CC(=O)Nc1cc(C)c(C)cc1I. The molecule has 0 heterocycles. The number of carbonyl (C=O) groups excluding carboxylic acids is 1. The van der Waals surface area contributed by atoms with Crippen molar-refractivity contribution >= 4 is 34.2 Å². The van der Waals surface area contributed by atoms with E-state index in [1.54, 1.807) is 0 Å². The van der Waals surface area contributed by atoms with Gasteiger partial charge in [0.2, 0.25) is 5.91 Å². The zero-order chi connectivity index (χ0) is 10.0. The average Bonchev–Trinajstić information content (AvgIpc) is 1.99. The van der Waals surface area contributed by atoms with Gasteiger partial charge in [-0.05, 0) is 59.7 Å². The molecule has 0 aromatic heterocycles. The number of nitrogens with one attached hydrogen (secondary N) is 1. The van der Waals surface area contributed by atoms with E-state index < -0.39 is 0 Å². The largest absolute Gasteiger partial charge is 0.325 e. The standard InChI is InChI=1S/C10H12INO/c1-6-4-9(11)10(5-7(6)2)12-8(3)13/h4-5H,1-3H3,(H,12,13). The summed E-state index contributed by atoms with van der Waals surface area (Å²) in [6.07, 6.45) is 0. The van der Waals surface area contributed by atoms with Gasteiger partial charge in [0.15, 0.2) is 0 Å². The maximum absolute atomic E-state index is 10.8. The number of benzene rings is 1. The van der Waals surface area contributed by atoms with Gasteiger partial charge in [0.1, 0.15) is 0 Å². The molecule has 3 heteroatoms. The highest BCUT2D eigenvalue weighted by atomic mass is 127. The molecule has 0 aliphatic heterocycles. The predicted octanol–water partition coefficient (Wildman–Crippen LogP) is 2.87. The first kappa shape index (κ1) is 10.5. The van der Waals surface area contributed by atoms with Crippen LogP contribution in [-0.4, -0.2) is 5.91 Å². The van der Waals surface area contributed by atoms with E-state index in [0.717, 1.165) is 9.26 Å². The molecule has 2 nitrogen and oxygen atoms in total. The number of hydrogen-bond acceptors (Lipinski definition) is 1. The fourth-order valence-corrected chi connectivity index (χ4v) is 1.82. The Morgan fingerprint density at radius 2 is 1.85 bits per heavy atom. The molecule has 1 aromatic rings. The zero-order valence-electron chi connectivity index (χ0n) is 7.94. The van der Waals surface area contributed by atoms with Crippen LogP contribution in [0.5, 0.6) is 0 Å². The lowest BCUT2D eigenvalue weighted by Gasteiger charge is -2.08. The Kier molecular flexibility index (Phi) is 3.30. The Hall–Kier alpha value is -0.580. The molecule has 0 saturated heterocycles. The van der Waals surface area contributed by atoms with Crippen LogP contribution in [0.2, 0.25) is 0 Å². The van der Waals surface area contributed by atoms with Crippen LogP contribution in [0.25, 0.3) is 0 Å². The summed E-state index contributed by atoms with van der Waals surface area (Å²) in [6, 6.07) is 4.07. The van der Waals surface area contributed by atoms with Crippen molar-refractivity contribution in [3.8, 4) is 0 Å². The first-order valence-corrected chi connectivity index (χ1v) is 5.13. The molecule has 70 valence electrons. The minimum absolute atomic E-state index is 0.0267. The topological polar surface area (TPSA) is 29.1 Å². The van der Waals surface area contributed by atoms with Crippen molar-refractivity contribution < 1.29 is 4.79 Å². The summed E-state index contributed by atoms with van der Waals surface area (Å²) in [5.74, 6) is -0.0267. The van der Waals surface area contributed by atoms with Crippen molar-refractivity contribution in [2.45, 2.75) is 20.8 Å². The Bertz CT molecular complexity index is 347. The smallest absolute Gasteiger partial charge is 0.221 e. The number of aryl methyl sites for hydroxylation is 2. The van der Waals surface area contributed by atoms with Gasteiger partial charge in [-0.1, -0.05) is 0 Å². The lowest BCUT2D eigenvalue weighted by Crippen LogP contribution is -2.07. The molecule has 0 radical (unpaired) electrons. The minimum atomic E-state index is -0.0267. The molecule has 1 aromatic carbocycles. The summed E-state index contributed by atoms with van der Waals surface area (Å²) in [5.41, 5.74) is 3.35. The van der Waals surface area contributed by atoms with E-state index in [1.807, 2.05) is 13.0 Å². The highest BCUT2D eigenvalue weighted by Crippen LogP contribution is 2.22. The van der Waals surface area contributed by atoms with E-state index in [-0.39, 0.29) is 5.91 Å². The van der Waals surface area contributed by atoms with Crippen LogP contribution in [0.4, 0.5) is 5.69 Å². The number of hydrogen-bond donors (Lipinski definition) is 1. The second-order valence-corrected chi connectivity index (χ2v) is 4.26. The van der Waals surface area contributed by atoms with E-state index in [4.69, 9.17) is 0 Å². The van der Waals surface area contributed by atoms with Gasteiger partial charge in [-0.2, -0.15) is 0 Å². The molecule has 1 N–H and O–H groups in total. The van der Waals surface area contributed by atoms with Crippen LogP contribution in [0.15, 0.2) is 12.1 Å². The van der Waals surface area contributed by atoms with Crippen LogP contribution in [0.1, 0.15) is 18.1 Å². The molecule has 0 saturated carbocycles. The molecule has 0 unspecified atom stereocenters. The highest BCUT2D eigenvalue weighted by molar-refractivity contribution is 14.1. The number of rotatable bonds is 1. The van der Waals surface area contributed by atoms with Gasteiger partial charge in [-0.25, -0.2) is 0 Å². The quantitative estimate of drug-likeness (QED) is 0.791. The van der Waals surface area contributed by atoms with Crippen LogP contribution >= 0.6 is 22.6 Å². The maximum Gasteiger partial charge on any atom is 0.221 e. The molecule has 1 rings (SSSR count). The summed E-state index contributed by atoms with van der Waals surface area (Å²) in [6.45, 7) is 5.62. The van der Waals surface area contributed by atoms with Crippen molar-refractivity contribution in [3.63, 3.8) is 0 Å². The normalized spacial score (nSPS) is 9.85. The lowest BCUT2D eigenvalue weighted by molar-refractivity contribution is -0.114. The monoisotopic (exact) mass is 289 g/mol. The first-order chi connectivity index (χ1) is 6.00. The minimum Gasteiger partial charge on any atom is -0.325 e. The molecule has 1 amide bonds. The summed E-state index contributed by atoms with van der Waals surface area (Å²) in [4.78, 5) is 10.8. The van der Waals surface area contributed by atoms with Crippen molar-refractivity contribution in [2.75, 3.05) is 5.32 Å². The fourth-order valence-electron chi connectivity index (χ4n) is 1.07. The second-order valence-electron chi connectivity index (χ2n) is 3.10. The van der Waals surface area contributed by atoms with E-state index in [1.165, 1.54) is 18.1 Å². The van der Waals surface area contributed by atoms with E-state index in [9.17, 15) is 4.79 Å². The van der Waals surface area contributed by atoms with E-state index >= 15 is 0 Å². The first-order valence-electron chi connectivity index (χ1n) is 4.05. The third kappa shape index (κ3) is 2.69. The molecule has 0 fully saturated rings. The number of halogens is 1. The second kappa shape index (κ2) is 4.09. The van der Waals surface area contributed by atoms with Crippen LogP contribution in [0, 0.1) is 17.4 Å². The van der Waals surface area contributed by atoms with Gasteiger partial charge in [-0.3, -0.25) is 4.79 Å². The number of amides is 1. The molecule has 0 aliphatic rings. The average molecular weight is 289 g/mol. The van der Waals surface area contributed by atoms with Gasteiger partial charge in [0.05, 0.1) is 5.69 Å². The van der Waals surface area contributed by atoms with Crippen molar-refractivity contribution in [2.24, 2.45) is 0 Å².